The number of carbonyl (C=O) groups is 1. The Balaban J connectivity index is 1.65. The van der Waals surface area contributed by atoms with Gasteiger partial charge in [0.15, 0.2) is 0 Å². The van der Waals surface area contributed by atoms with E-state index < -0.39 is 29.0 Å². The van der Waals surface area contributed by atoms with E-state index in [1.807, 2.05) is 24.3 Å². The first kappa shape index (κ1) is 24.5. The third-order valence-corrected chi connectivity index (χ3v) is 6.62. The summed E-state index contributed by atoms with van der Waals surface area (Å²) in [6.07, 6.45) is -8.98. The number of nitrogens with zero attached hydrogens (tertiary/aromatic N) is 2. The molecule has 1 amide bonds. The molecule has 1 heterocycles. The molecule has 1 saturated heterocycles. The summed E-state index contributed by atoms with van der Waals surface area (Å²) in [5.74, 6) is -0.309. The number of alkyl halides is 6. The zero-order chi connectivity index (χ0) is 24.7. The number of nitrogens with one attached hydrogen (secondary N) is 1. The van der Waals surface area contributed by atoms with Crippen LogP contribution in [-0.4, -0.2) is 54.5 Å². The number of amides is 1. The van der Waals surface area contributed by atoms with Crippen LogP contribution in [0.3, 0.4) is 0 Å². The van der Waals surface area contributed by atoms with Crippen LogP contribution in [-0.2, 0) is 36.5 Å². The van der Waals surface area contributed by atoms with Gasteiger partial charge in [-0.1, -0.05) is 24.3 Å². The third kappa shape index (κ3) is 4.79. The Hall–Kier alpha value is -2.59. The van der Waals surface area contributed by atoms with Crippen molar-refractivity contribution in [3.8, 4) is 0 Å². The van der Waals surface area contributed by atoms with Crippen molar-refractivity contribution in [2.75, 3.05) is 33.2 Å². The van der Waals surface area contributed by atoms with E-state index in [1.165, 1.54) is 11.9 Å². The minimum Gasteiger partial charge on any atom is -0.340 e. The molecule has 4 rings (SSSR count). The van der Waals surface area contributed by atoms with Crippen molar-refractivity contribution in [3.05, 3.63) is 70.3 Å². The van der Waals surface area contributed by atoms with Gasteiger partial charge in [-0.3, -0.25) is 9.69 Å². The molecular weight excluding hydrogens is 460 g/mol. The fraction of sp³-hybridized carbons (Fsp3) is 0.458. The van der Waals surface area contributed by atoms with E-state index in [1.54, 1.807) is 0 Å². The summed E-state index contributed by atoms with van der Waals surface area (Å²) in [4.78, 5) is 17.2. The lowest BCUT2D eigenvalue weighted by molar-refractivity contribution is -0.144. The predicted molar refractivity (Wildman–Crippen MR) is 114 cm³/mol. The molecule has 1 aliphatic heterocycles. The number of benzene rings is 2. The lowest BCUT2D eigenvalue weighted by atomic mass is 9.90. The smallest absolute Gasteiger partial charge is 0.340 e. The van der Waals surface area contributed by atoms with Crippen molar-refractivity contribution in [1.82, 2.24) is 15.1 Å². The highest BCUT2D eigenvalue weighted by Gasteiger charge is 2.49. The zero-order valence-corrected chi connectivity index (χ0v) is 18.6. The fourth-order valence-electron chi connectivity index (χ4n) is 5.01. The predicted octanol–water partition coefficient (Wildman–Crippen LogP) is 4.13. The van der Waals surface area contributed by atoms with Crippen molar-refractivity contribution in [2.45, 2.75) is 37.3 Å². The van der Waals surface area contributed by atoms with Crippen LogP contribution in [0.2, 0.25) is 0 Å². The Labute approximate surface area is 193 Å². The number of likely N-dealkylation sites (N-methyl/N-ethyl adjacent to an activating group) is 1. The average molecular weight is 485 g/mol. The average Bonchev–Trinajstić information content (AvgIpc) is 3.18. The van der Waals surface area contributed by atoms with Gasteiger partial charge in [0.2, 0.25) is 5.91 Å². The molecule has 0 aromatic heterocycles. The van der Waals surface area contributed by atoms with E-state index in [2.05, 4.69) is 10.2 Å². The van der Waals surface area contributed by atoms with Crippen LogP contribution >= 0.6 is 0 Å². The Kier molecular flexibility index (Phi) is 6.41. The molecule has 2 aromatic rings. The van der Waals surface area contributed by atoms with Gasteiger partial charge < -0.3 is 10.2 Å². The van der Waals surface area contributed by atoms with Crippen molar-refractivity contribution >= 4 is 5.91 Å². The van der Waals surface area contributed by atoms with Crippen LogP contribution in [0.4, 0.5) is 26.3 Å². The van der Waals surface area contributed by atoms with Crippen molar-refractivity contribution in [1.29, 1.82) is 0 Å². The van der Waals surface area contributed by atoms with Gasteiger partial charge in [-0.05, 0) is 34.9 Å². The van der Waals surface area contributed by atoms with E-state index in [-0.39, 0.29) is 24.1 Å². The number of fused-ring (bicyclic) bond motifs is 1. The van der Waals surface area contributed by atoms with Gasteiger partial charge >= 0.3 is 12.4 Å². The summed E-state index contributed by atoms with van der Waals surface area (Å²) < 4.78 is 79.6. The third-order valence-electron chi connectivity index (χ3n) is 6.62. The van der Waals surface area contributed by atoms with Gasteiger partial charge in [0.1, 0.15) is 5.54 Å². The van der Waals surface area contributed by atoms with Gasteiger partial charge in [0.05, 0.1) is 11.1 Å². The highest BCUT2D eigenvalue weighted by Crippen LogP contribution is 2.38. The summed E-state index contributed by atoms with van der Waals surface area (Å²) in [6, 6.07) is 9.15. The molecule has 1 aliphatic carbocycles. The molecule has 2 aliphatic rings. The molecule has 0 bridgehead atoms. The second-order valence-electron chi connectivity index (χ2n) is 8.97. The SMILES string of the molecule is CN(Cc1cc(C(F)(F)F)cc(C(F)(F)F)c1)C(=O)C1(N2CCNCC2)Cc2ccccc2C1. The topological polar surface area (TPSA) is 35.6 Å². The molecule has 2 aromatic carbocycles. The van der Waals surface area contributed by atoms with Crippen LogP contribution in [0.5, 0.6) is 0 Å². The number of halogens is 6. The van der Waals surface area contributed by atoms with Gasteiger partial charge in [0.25, 0.3) is 0 Å². The summed E-state index contributed by atoms with van der Waals surface area (Å²) in [7, 11) is 1.43. The molecule has 0 saturated carbocycles. The molecule has 1 N–H and O–H groups in total. The molecule has 4 nitrogen and oxygen atoms in total. The Morgan fingerprint density at radius 2 is 1.44 bits per heavy atom. The highest BCUT2D eigenvalue weighted by molar-refractivity contribution is 5.88. The normalized spacial score (nSPS) is 18.6. The minimum absolute atomic E-state index is 0.0984. The fourth-order valence-corrected chi connectivity index (χ4v) is 5.01. The minimum atomic E-state index is -4.94. The number of carbonyl (C=O) groups excluding carboxylic acids is 1. The maximum absolute atomic E-state index is 13.8. The quantitative estimate of drug-likeness (QED) is 0.662. The lowest BCUT2D eigenvalue weighted by Crippen LogP contribution is -2.63. The first-order valence-corrected chi connectivity index (χ1v) is 11.0. The standard InChI is InChI=1S/C24H25F6N3O/c1-32(15-16-10-19(23(25,26)27)12-20(11-16)24(28,29)30)21(34)22(33-8-6-31-7-9-33)13-17-4-2-3-5-18(17)14-22/h2-5,10-12,31H,6-9,13-15H2,1H3. The van der Waals surface area contributed by atoms with E-state index in [0.29, 0.717) is 51.2 Å². The summed E-state index contributed by atoms with van der Waals surface area (Å²) in [6.45, 7) is 2.26. The Morgan fingerprint density at radius 1 is 0.941 bits per heavy atom. The molecular formula is C24H25F6N3O. The van der Waals surface area contributed by atoms with Crippen LogP contribution in [0.25, 0.3) is 0 Å². The number of hydrogen-bond acceptors (Lipinski definition) is 3. The first-order chi connectivity index (χ1) is 15.9. The van der Waals surface area contributed by atoms with E-state index in [0.717, 1.165) is 11.1 Å². The molecule has 34 heavy (non-hydrogen) atoms. The van der Waals surface area contributed by atoms with Gasteiger partial charge in [-0.25, -0.2) is 0 Å². The molecule has 0 unspecified atom stereocenters. The van der Waals surface area contributed by atoms with Crippen molar-refractivity contribution in [2.24, 2.45) is 0 Å². The molecule has 0 radical (unpaired) electrons. The van der Waals surface area contributed by atoms with Gasteiger partial charge in [-0.15, -0.1) is 0 Å². The van der Waals surface area contributed by atoms with Crippen molar-refractivity contribution < 1.29 is 31.1 Å². The van der Waals surface area contributed by atoms with Crippen LogP contribution in [0, 0.1) is 0 Å². The summed E-state index contributed by atoms with van der Waals surface area (Å²) in [5.41, 5.74) is -1.85. The zero-order valence-electron chi connectivity index (χ0n) is 18.6. The largest absolute Gasteiger partial charge is 0.416 e. The van der Waals surface area contributed by atoms with Crippen LogP contribution < -0.4 is 5.32 Å². The van der Waals surface area contributed by atoms with E-state index in [4.69, 9.17) is 0 Å². The summed E-state index contributed by atoms with van der Waals surface area (Å²) >= 11 is 0. The van der Waals surface area contributed by atoms with Crippen LogP contribution in [0.1, 0.15) is 27.8 Å². The van der Waals surface area contributed by atoms with E-state index >= 15 is 0 Å². The summed E-state index contributed by atoms with van der Waals surface area (Å²) in [5, 5.41) is 3.25. The second kappa shape index (κ2) is 8.88. The van der Waals surface area contributed by atoms with Crippen LogP contribution in [0.15, 0.2) is 42.5 Å². The van der Waals surface area contributed by atoms with Gasteiger partial charge in [0, 0.05) is 52.6 Å². The number of rotatable bonds is 4. The first-order valence-electron chi connectivity index (χ1n) is 11.0. The van der Waals surface area contributed by atoms with Gasteiger partial charge in [-0.2, -0.15) is 26.3 Å². The highest BCUT2D eigenvalue weighted by atomic mass is 19.4. The maximum Gasteiger partial charge on any atom is 0.416 e. The Bertz CT molecular complexity index is 1000. The molecule has 0 atom stereocenters. The number of piperazine rings is 1. The molecule has 184 valence electrons. The lowest BCUT2D eigenvalue weighted by Gasteiger charge is -2.44. The maximum atomic E-state index is 13.8. The molecule has 0 spiro atoms. The Morgan fingerprint density at radius 3 is 1.91 bits per heavy atom. The number of hydrogen-bond donors (Lipinski definition) is 1. The monoisotopic (exact) mass is 485 g/mol. The molecule has 10 heteroatoms. The van der Waals surface area contributed by atoms with E-state index in [9.17, 15) is 31.1 Å². The second-order valence-corrected chi connectivity index (χ2v) is 8.97. The molecule has 1 fully saturated rings. The van der Waals surface area contributed by atoms with Crippen molar-refractivity contribution in [3.63, 3.8) is 0 Å².